The molecule has 0 aromatic heterocycles. The van der Waals surface area contributed by atoms with E-state index in [4.69, 9.17) is 9.31 Å². The molecule has 0 aromatic carbocycles. The largest absolute Gasteiger partial charge is 0.468 e. The van der Waals surface area contributed by atoms with Crippen LogP contribution in [0, 0.1) is 5.41 Å². The van der Waals surface area contributed by atoms with Crippen molar-refractivity contribution >= 4 is 13.4 Å². The van der Waals surface area contributed by atoms with E-state index >= 15 is 0 Å². The zero-order chi connectivity index (χ0) is 18.0. The van der Waals surface area contributed by atoms with Gasteiger partial charge in [-0.15, -0.1) is 0 Å². The van der Waals surface area contributed by atoms with Gasteiger partial charge in [0.15, 0.2) is 0 Å². The SMILES string of the molecule is C.C/C(=C\C(C)(C)C=O)C(C)(C)B1OC(C)(C)C(C)(C)O1.CC. The minimum Gasteiger partial charge on any atom is -0.403 e. The van der Waals surface area contributed by atoms with Gasteiger partial charge in [-0.1, -0.05) is 46.8 Å². The summed E-state index contributed by atoms with van der Waals surface area (Å²) in [5, 5.41) is -0.286. The van der Waals surface area contributed by atoms with Crippen LogP contribution in [0.15, 0.2) is 11.6 Å². The van der Waals surface area contributed by atoms with Crippen molar-refractivity contribution in [1.82, 2.24) is 0 Å². The third-order valence-corrected chi connectivity index (χ3v) is 4.75. The predicted molar refractivity (Wildman–Crippen MR) is 102 cm³/mol. The van der Waals surface area contributed by atoms with Crippen LogP contribution < -0.4 is 0 Å². The van der Waals surface area contributed by atoms with Crippen molar-refractivity contribution in [2.75, 3.05) is 0 Å². The first kappa shape index (κ1) is 24.6. The third kappa shape index (κ3) is 5.46. The van der Waals surface area contributed by atoms with Crippen molar-refractivity contribution in [3.8, 4) is 0 Å². The fourth-order valence-corrected chi connectivity index (χ4v) is 2.10. The second kappa shape index (κ2) is 7.98. The molecule has 0 bridgehead atoms. The molecule has 0 atom stereocenters. The molecule has 1 aliphatic rings. The van der Waals surface area contributed by atoms with Crippen LogP contribution in [0.2, 0.25) is 5.31 Å². The fraction of sp³-hybridized carbons (Fsp3) is 0.842. The lowest BCUT2D eigenvalue weighted by Gasteiger charge is -2.32. The van der Waals surface area contributed by atoms with Gasteiger partial charge in [-0.25, -0.2) is 0 Å². The lowest BCUT2D eigenvalue weighted by molar-refractivity contribution is -0.112. The van der Waals surface area contributed by atoms with E-state index in [1.165, 1.54) is 0 Å². The average Bonchev–Trinajstić information content (AvgIpc) is 2.61. The van der Waals surface area contributed by atoms with E-state index in [2.05, 4.69) is 41.5 Å². The van der Waals surface area contributed by atoms with E-state index < -0.39 is 5.41 Å². The lowest BCUT2D eigenvalue weighted by atomic mass is 9.55. The van der Waals surface area contributed by atoms with Crippen LogP contribution in [-0.4, -0.2) is 24.6 Å². The second-order valence-corrected chi connectivity index (χ2v) is 8.08. The molecule has 3 nitrogen and oxygen atoms in total. The van der Waals surface area contributed by atoms with E-state index in [0.29, 0.717) is 0 Å². The Kier molecular flexibility index (Phi) is 8.55. The number of rotatable bonds is 4. The molecular formula is C19H39BO3. The van der Waals surface area contributed by atoms with Crippen molar-refractivity contribution in [3.63, 3.8) is 0 Å². The van der Waals surface area contributed by atoms with Crippen molar-refractivity contribution in [1.29, 1.82) is 0 Å². The molecule has 0 unspecified atom stereocenters. The summed E-state index contributed by atoms with van der Waals surface area (Å²) in [5.41, 5.74) is -0.0384. The van der Waals surface area contributed by atoms with E-state index in [0.717, 1.165) is 11.9 Å². The number of aldehydes is 1. The van der Waals surface area contributed by atoms with Gasteiger partial charge in [0.05, 0.1) is 11.2 Å². The summed E-state index contributed by atoms with van der Waals surface area (Å²) < 4.78 is 12.3. The molecule has 23 heavy (non-hydrogen) atoms. The van der Waals surface area contributed by atoms with Gasteiger partial charge >= 0.3 is 7.12 Å². The van der Waals surface area contributed by atoms with Crippen LogP contribution in [-0.2, 0) is 14.1 Å². The molecule has 1 heterocycles. The number of allylic oxidation sites excluding steroid dienone is 2. The topological polar surface area (TPSA) is 35.5 Å². The molecule has 1 fully saturated rings. The van der Waals surface area contributed by atoms with Crippen LogP contribution in [0.25, 0.3) is 0 Å². The van der Waals surface area contributed by atoms with Crippen molar-refractivity contribution in [2.24, 2.45) is 5.41 Å². The maximum Gasteiger partial charge on any atom is 0.468 e. The Balaban J connectivity index is 0. The molecule has 0 amide bonds. The minimum atomic E-state index is -0.467. The van der Waals surface area contributed by atoms with Crippen LogP contribution in [0.3, 0.4) is 0 Å². The van der Waals surface area contributed by atoms with Gasteiger partial charge in [-0.2, -0.15) is 0 Å². The van der Waals surface area contributed by atoms with Gasteiger partial charge in [0.25, 0.3) is 0 Å². The van der Waals surface area contributed by atoms with Gasteiger partial charge in [0, 0.05) is 10.7 Å². The first-order chi connectivity index (χ1) is 9.75. The Morgan fingerprint density at radius 2 is 1.30 bits per heavy atom. The number of carbonyl (C=O) groups is 1. The molecule has 0 spiro atoms. The third-order valence-electron chi connectivity index (χ3n) is 4.75. The summed E-state index contributed by atoms with van der Waals surface area (Å²) in [5.74, 6) is 0. The van der Waals surface area contributed by atoms with E-state index in [1.54, 1.807) is 0 Å². The molecular weight excluding hydrogens is 287 g/mol. The molecule has 0 N–H and O–H groups in total. The maximum atomic E-state index is 11.1. The quantitative estimate of drug-likeness (QED) is 0.378. The van der Waals surface area contributed by atoms with Crippen LogP contribution >= 0.6 is 0 Å². The summed E-state index contributed by atoms with van der Waals surface area (Å²) in [7, 11) is -0.314. The molecule has 1 rings (SSSR count). The first-order valence-corrected chi connectivity index (χ1v) is 8.27. The van der Waals surface area contributed by atoms with Gasteiger partial charge in [0.1, 0.15) is 6.29 Å². The highest BCUT2D eigenvalue weighted by molar-refractivity contribution is 6.50. The minimum absolute atomic E-state index is 0. The van der Waals surface area contributed by atoms with Gasteiger partial charge in [-0.3, -0.25) is 0 Å². The molecule has 0 aliphatic carbocycles. The molecule has 4 heteroatoms. The lowest BCUT2D eigenvalue weighted by Crippen LogP contribution is -2.41. The highest BCUT2D eigenvalue weighted by Crippen LogP contribution is 2.48. The van der Waals surface area contributed by atoms with Gasteiger partial charge in [0.2, 0.25) is 0 Å². The Morgan fingerprint density at radius 1 is 0.957 bits per heavy atom. The predicted octanol–water partition coefficient (Wildman–Crippen LogP) is 5.69. The molecule has 0 radical (unpaired) electrons. The Hall–Kier alpha value is -0.605. The summed E-state index contributed by atoms with van der Waals surface area (Å²) in [6.45, 7) is 22.3. The first-order valence-electron chi connectivity index (χ1n) is 8.27. The zero-order valence-corrected chi connectivity index (χ0v) is 16.5. The van der Waals surface area contributed by atoms with Crippen molar-refractivity contribution < 1.29 is 14.1 Å². The average molecular weight is 326 g/mol. The molecule has 0 aromatic rings. The fourth-order valence-electron chi connectivity index (χ4n) is 2.10. The molecule has 1 aliphatic heterocycles. The number of hydrogen-bond donors (Lipinski definition) is 0. The second-order valence-electron chi connectivity index (χ2n) is 8.08. The maximum absolute atomic E-state index is 11.1. The standard InChI is InChI=1S/C16H29BO3.C2H6.CH4/c1-12(10-13(2,3)11-18)14(4,5)17-19-15(6,7)16(8,9)20-17;1-2;/h10-11H,1-9H3;1-2H3;1H4/b12-10+;;. The summed E-state index contributed by atoms with van der Waals surface area (Å²) in [6.07, 6.45) is 2.97. The Labute approximate surface area is 145 Å². The van der Waals surface area contributed by atoms with E-state index in [-0.39, 0.29) is 31.1 Å². The normalized spacial score (nSPS) is 20.3. The Bertz CT molecular complexity index is 404. The van der Waals surface area contributed by atoms with Crippen molar-refractivity contribution in [2.45, 2.75) is 100 Å². The molecule has 1 saturated heterocycles. The number of carbonyl (C=O) groups excluding carboxylic acids is 1. The summed E-state index contributed by atoms with van der Waals surface area (Å²) in [6, 6.07) is 0. The van der Waals surface area contributed by atoms with Gasteiger partial charge < -0.3 is 14.1 Å². The van der Waals surface area contributed by atoms with Crippen LogP contribution in [0.1, 0.15) is 83.6 Å². The van der Waals surface area contributed by atoms with E-state index in [9.17, 15) is 4.79 Å². The zero-order valence-electron chi connectivity index (χ0n) is 16.5. The molecule has 136 valence electrons. The van der Waals surface area contributed by atoms with Crippen molar-refractivity contribution in [3.05, 3.63) is 11.6 Å². The molecule has 0 saturated carbocycles. The van der Waals surface area contributed by atoms with Gasteiger partial charge in [-0.05, 0) is 48.5 Å². The highest BCUT2D eigenvalue weighted by atomic mass is 16.7. The summed E-state index contributed by atoms with van der Waals surface area (Å²) >= 11 is 0. The monoisotopic (exact) mass is 326 g/mol. The van der Waals surface area contributed by atoms with E-state index in [1.807, 2.05) is 40.7 Å². The van der Waals surface area contributed by atoms with Crippen LogP contribution in [0.4, 0.5) is 0 Å². The summed E-state index contributed by atoms with van der Waals surface area (Å²) in [4.78, 5) is 11.1. The number of hydrogen-bond acceptors (Lipinski definition) is 3. The van der Waals surface area contributed by atoms with Crippen LogP contribution in [0.5, 0.6) is 0 Å². The highest BCUT2D eigenvalue weighted by Gasteiger charge is 2.56. The Morgan fingerprint density at radius 3 is 1.61 bits per heavy atom. The smallest absolute Gasteiger partial charge is 0.403 e.